The topological polar surface area (TPSA) is 34.1 Å². The van der Waals surface area contributed by atoms with Gasteiger partial charge < -0.3 is 10.1 Å². The van der Waals surface area contributed by atoms with Gasteiger partial charge in [-0.3, -0.25) is 0 Å². The van der Waals surface area contributed by atoms with Crippen LogP contribution in [-0.4, -0.2) is 11.3 Å². The van der Waals surface area contributed by atoms with E-state index in [4.69, 9.17) is 0 Å². The molecule has 0 aliphatic rings. The number of hydrogen-bond donors (Lipinski definition) is 1. The van der Waals surface area contributed by atoms with Crippen molar-refractivity contribution in [3.63, 3.8) is 0 Å². The lowest BCUT2D eigenvalue weighted by atomic mass is 10.1. The Morgan fingerprint density at radius 1 is 0.767 bits per heavy atom. The van der Waals surface area contributed by atoms with Gasteiger partial charge in [0.25, 0.3) is 0 Å². The van der Waals surface area contributed by atoms with Crippen LogP contribution in [0.1, 0.15) is 11.3 Å². The van der Waals surface area contributed by atoms with Crippen molar-refractivity contribution >= 4 is 22.3 Å². The molecule has 3 nitrogen and oxygen atoms in total. The van der Waals surface area contributed by atoms with E-state index in [0.29, 0.717) is 18.2 Å². The van der Waals surface area contributed by atoms with Crippen molar-refractivity contribution < 1.29 is 44.3 Å². The summed E-state index contributed by atoms with van der Waals surface area (Å²) in [5.41, 5.74) is -3.65. The van der Waals surface area contributed by atoms with Crippen molar-refractivity contribution in [3.8, 4) is 5.75 Å². The predicted octanol–water partition coefficient (Wildman–Crippen LogP) is 6.91. The fourth-order valence-electron chi connectivity index (χ4n) is 2.58. The molecule has 0 saturated heterocycles. The largest absolute Gasteiger partial charge is 0.573 e. The third-order valence-electron chi connectivity index (χ3n) is 3.77. The van der Waals surface area contributed by atoms with Crippen molar-refractivity contribution in [2.75, 3.05) is 5.32 Å². The SMILES string of the molecule is FC(F)(F)Oc1cccc(Nc2cc(C(F)(F)F)nc3cc(C(F)(F)F)ccc23)c1. The molecule has 0 spiro atoms. The van der Waals surface area contributed by atoms with Crippen LogP contribution in [0.25, 0.3) is 10.9 Å². The third-order valence-corrected chi connectivity index (χ3v) is 3.77. The molecule has 1 N–H and O–H groups in total. The van der Waals surface area contributed by atoms with Crippen molar-refractivity contribution in [3.05, 3.63) is 59.8 Å². The minimum Gasteiger partial charge on any atom is -0.406 e. The molecule has 0 aliphatic carbocycles. The first-order chi connectivity index (χ1) is 13.7. The Kier molecular flexibility index (Phi) is 5.21. The van der Waals surface area contributed by atoms with Gasteiger partial charge in [0.15, 0.2) is 0 Å². The lowest BCUT2D eigenvalue weighted by molar-refractivity contribution is -0.274. The van der Waals surface area contributed by atoms with E-state index in [0.717, 1.165) is 24.3 Å². The zero-order chi connectivity index (χ0) is 22.3. The van der Waals surface area contributed by atoms with Crippen molar-refractivity contribution in [1.82, 2.24) is 4.98 Å². The average Bonchev–Trinajstić information content (AvgIpc) is 2.58. The second-order valence-corrected chi connectivity index (χ2v) is 5.98. The van der Waals surface area contributed by atoms with Gasteiger partial charge in [0.2, 0.25) is 0 Å². The van der Waals surface area contributed by atoms with Crippen LogP contribution in [-0.2, 0) is 12.4 Å². The van der Waals surface area contributed by atoms with Crippen LogP contribution in [0.3, 0.4) is 0 Å². The molecule has 0 bridgehead atoms. The number of anilines is 2. The maximum Gasteiger partial charge on any atom is 0.573 e. The number of ether oxygens (including phenoxy) is 1. The highest BCUT2D eigenvalue weighted by Crippen LogP contribution is 2.37. The molecule has 12 heteroatoms. The molecule has 0 atom stereocenters. The first kappa shape index (κ1) is 21.5. The highest BCUT2D eigenvalue weighted by Gasteiger charge is 2.35. The molecular formula is C18H9F9N2O. The molecule has 1 aromatic heterocycles. The van der Waals surface area contributed by atoms with Crippen molar-refractivity contribution in [1.29, 1.82) is 0 Å². The highest BCUT2D eigenvalue weighted by atomic mass is 19.4. The van der Waals surface area contributed by atoms with Gasteiger partial charge in [-0.1, -0.05) is 12.1 Å². The van der Waals surface area contributed by atoms with Gasteiger partial charge in [0.05, 0.1) is 16.8 Å². The van der Waals surface area contributed by atoms with Crippen LogP contribution < -0.4 is 10.1 Å². The Morgan fingerprint density at radius 2 is 1.47 bits per heavy atom. The van der Waals surface area contributed by atoms with Crippen LogP contribution in [0.5, 0.6) is 5.75 Å². The number of rotatable bonds is 3. The summed E-state index contributed by atoms with van der Waals surface area (Å²) in [6.45, 7) is 0. The van der Waals surface area contributed by atoms with Crippen LogP contribution in [0.2, 0.25) is 0 Å². The van der Waals surface area contributed by atoms with Gasteiger partial charge in [-0.25, -0.2) is 4.98 Å². The quantitative estimate of drug-likeness (QED) is 0.449. The van der Waals surface area contributed by atoms with Gasteiger partial charge in [0.1, 0.15) is 11.4 Å². The monoisotopic (exact) mass is 440 g/mol. The van der Waals surface area contributed by atoms with Crippen LogP contribution >= 0.6 is 0 Å². The standard InChI is InChI=1S/C18H9F9N2O/c19-16(20,21)9-4-5-12-13(6-9)29-15(17(22,23)24)8-14(12)28-10-2-1-3-11(7-10)30-18(25,26)27/h1-8H,(H,28,29). The molecule has 3 aromatic rings. The van der Waals surface area contributed by atoms with E-state index in [1.54, 1.807) is 0 Å². The summed E-state index contributed by atoms with van der Waals surface area (Å²) >= 11 is 0. The van der Waals surface area contributed by atoms with E-state index in [1.165, 1.54) is 6.07 Å². The van der Waals surface area contributed by atoms with E-state index in [-0.39, 0.29) is 16.8 Å². The number of alkyl halides is 9. The zero-order valence-corrected chi connectivity index (χ0v) is 14.4. The number of nitrogens with one attached hydrogen (secondary N) is 1. The molecule has 160 valence electrons. The van der Waals surface area contributed by atoms with E-state index in [1.807, 2.05) is 0 Å². The van der Waals surface area contributed by atoms with Gasteiger partial charge in [-0.15, -0.1) is 13.2 Å². The molecule has 30 heavy (non-hydrogen) atoms. The van der Waals surface area contributed by atoms with Gasteiger partial charge in [-0.2, -0.15) is 26.3 Å². The Morgan fingerprint density at radius 3 is 2.07 bits per heavy atom. The second-order valence-electron chi connectivity index (χ2n) is 5.98. The number of fused-ring (bicyclic) bond motifs is 1. The van der Waals surface area contributed by atoms with E-state index >= 15 is 0 Å². The zero-order valence-electron chi connectivity index (χ0n) is 14.4. The average molecular weight is 440 g/mol. The summed E-state index contributed by atoms with van der Waals surface area (Å²) in [6, 6.07) is 6.82. The molecule has 0 aliphatic heterocycles. The minimum atomic E-state index is -4.99. The normalized spacial score (nSPS) is 12.8. The van der Waals surface area contributed by atoms with Crippen molar-refractivity contribution in [2.45, 2.75) is 18.7 Å². The number of halogens is 9. The van der Waals surface area contributed by atoms with Crippen LogP contribution in [0.4, 0.5) is 50.9 Å². The number of pyridine rings is 1. The molecule has 0 amide bonds. The maximum absolute atomic E-state index is 13.2. The Hall–Kier alpha value is -3.18. The van der Waals surface area contributed by atoms with Crippen molar-refractivity contribution in [2.24, 2.45) is 0 Å². The smallest absolute Gasteiger partial charge is 0.406 e. The summed E-state index contributed by atoms with van der Waals surface area (Å²) in [5.74, 6) is -0.638. The predicted molar refractivity (Wildman–Crippen MR) is 88.2 cm³/mol. The number of nitrogens with zero attached hydrogens (tertiary/aromatic N) is 1. The van der Waals surface area contributed by atoms with E-state index in [9.17, 15) is 39.5 Å². The molecule has 0 fully saturated rings. The lowest BCUT2D eigenvalue weighted by Crippen LogP contribution is -2.17. The van der Waals surface area contributed by atoms with E-state index < -0.39 is 41.2 Å². The maximum atomic E-state index is 13.2. The third kappa shape index (κ3) is 5.05. The second kappa shape index (κ2) is 7.26. The summed E-state index contributed by atoms with van der Waals surface area (Å²) in [5, 5.41) is 2.38. The fourth-order valence-corrected chi connectivity index (χ4v) is 2.58. The summed E-state index contributed by atoms with van der Waals surface area (Å²) in [4.78, 5) is 3.25. The molecule has 0 unspecified atom stereocenters. The molecular weight excluding hydrogens is 431 g/mol. The van der Waals surface area contributed by atoms with Gasteiger partial charge in [-0.05, 0) is 30.3 Å². The number of aromatic nitrogens is 1. The number of benzene rings is 2. The van der Waals surface area contributed by atoms with Crippen LogP contribution in [0, 0.1) is 0 Å². The minimum absolute atomic E-state index is 0.0859. The lowest BCUT2D eigenvalue weighted by Gasteiger charge is -2.16. The Balaban J connectivity index is 2.09. The van der Waals surface area contributed by atoms with Gasteiger partial charge >= 0.3 is 18.7 Å². The van der Waals surface area contributed by atoms with Crippen LogP contribution in [0.15, 0.2) is 48.5 Å². The molecule has 0 saturated carbocycles. The summed E-state index contributed by atoms with van der Waals surface area (Å²) in [7, 11) is 0. The first-order valence-electron chi connectivity index (χ1n) is 7.94. The molecule has 2 aromatic carbocycles. The highest BCUT2D eigenvalue weighted by molar-refractivity contribution is 5.93. The fraction of sp³-hybridized carbons (Fsp3) is 0.167. The Labute approximate surface area is 162 Å². The molecule has 3 rings (SSSR count). The summed E-state index contributed by atoms with van der Waals surface area (Å²) < 4.78 is 119. The summed E-state index contributed by atoms with van der Waals surface area (Å²) in [6.07, 6.45) is -14.8. The van der Waals surface area contributed by atoms with Gasteiger partial charge in [0, 0.05) is 17.1 Å². The first-order valence-corrected chi connectivity index (χ1v) is 7.94. The van der Waals surface area contributed by atoms with E-state index in [2.05, 4.69) is 15.0 Å². The molecule has 1 heterocycles. The Bertz CT molecular complexity index is 1070. The number of hydrogen-bond acceptors (Lipinski definition) is 3. The molecule has 0 radical (unpaired) electrons.